The molecule has 27 heavy (non-hydrogen) atoms. The summed E-state index contributed by atoms with van der Waals surface area (Å²) in [6.07, 6.45) is -3.34. The van der Waals surface area contributed by atoms with Crippen LogP contribution in [0.25, 0.3) is 11.4 Å². The van der Waals surface area contributed by atoms with Gasteiger partial charge in [0.25, 0.3) is 0 Å². The normalized spacial score (nSPS) is 13.1. The van der Waals surface area contributed by atoms with Crippen molar-refractivity contribution < 1.29 is 17.7 Å². The van der Waals surface area contributed by atoms with E-state index in [0.717, 1.165) is 24.1 Å². The first-order valence-corrected chi connectivity index (χ1v) is 8.84. The van der Waals surface area contributed by atoms with Crippen molar-refractivity contribution in [3.05, 3.63) is 71.1 Å². The maximum absolute atomic E-state index is 12.7. The lowest BCUT2D eigenvalue weighted by molar-refractivity contribution is -0.137. The molecule has 142 valence electrons. The van der Waals surface area contributed by atoms with Gasteiger partial charge in [-0.2, -0.15) is 18.2 Å². The van der Waals surface area contributed by atoms with E-state index in [2.05, 4.69) is 36.1 Å². The SMILES string of the molecule is CC(C)Cc1ccc(C(C)c2nc(-c3ccc(C(F)(F)F)cc3)no2)cc1. The van der Waals surface area contributed by atoms with Crippen LogP contribution >= 0.6 is 0 Å². The second-order valence-electron chi connectivity index (χ2n) is 7.09. The monoisotopic (exact) mass is 374 g/mol. The number of hydrogen-bond donors (Lipinski definition) is 0. The van der Waals surface area contributed by atoms with Crippen LogP contribution in [-0.2, 0) is 12.6 Å². The molecule has 0 fully saturated rings. The van der Waals surface area contributed by atoms with E-state index in [9.17, 15) is 13.2 Å². The molecule has 1 unspecified atom stereocenters. The van der Waals surface area contributed by atoms with Gasteiger partial charge < -0.3 is 4.52 Å². The van der Waals surface area contributed by atoms with Gasteiger partial charge in [0, 0.05) is 5.56 Å². The van der Waals surface area contributed by atoms with Crippen molar-refractivity contribution in [3.63, 3.8) is 0 Å². The summed E-state index contributed by atoms with van der Waals surface area (Å²) in [7, 11) is 0. The van der Waals surface area contributed by atoms with Gasteiger partial charge in [-0.05, 0) is 42.5 Å². The molecular weight excluding hydrogens is 353 g/mol. The lowest BCUT2D eigenvalue weighted by atomic mass is 9.97. The molecule has 0 saturated heterocycles. The molecule has 0 N–H and O–H groups in total. The summed E-state index contributed by atoms with van der Waals surface area (Å²) in [5.41, 5.74) is 2.10. The van der Waals surface area contributed by atoms with E-state index in [1.54, 1.807) is 0 Å². The fourth-order valence-corrected chi connectivity index (χ4v) is 2.89. The predicted molar refractivity (Wildman–Crippen MR) is 97.2 cm³/mol. The molecule has 0 aliphatic rings. The van der Waals surface area contributed by atoms with Crippen LogP contribution in [0.1, 0.15) is 49.3 Å². The highest BCUT2D eigenvalue weighted by atomic mass is 19.4. The number of rotatable bonds is 5. The molecular formula is C21H21F3N2O. The Labute approximate surface area is 156 Å². The first-order valence-electron chi connectivity index (χ1n) is 8.84. The average Bonchev–Trinajstić information content (AvgIpc) is 3.11. The second-order valence-corrected chi connectivity index (χ2v) is 7.09. The Hall–Kier alpha value is -2.63. The molecule has 0 saturated carbocycles. The maximum atomic E-state index is 12.7. The van der Waals surface area contributed by atoms with Gasteiger partial charge in [0.15, 0.2) is 0 Å². The van der Waals surface area contributed by atoms with Gasteiger partial charge in [0.05, 0.1) is 11.5 Å². The topological polar surface area (TPSA) is 38.9 Å². The minimum absolute atomic E-state index is 0.103. The molecule has 0 aliphatic heterocycles. The Morgan fingerprint density at radius 1 is 0.926 bits per heavy atom. The van der Waals surface area contributed by atoms with Crippen LogP contribution in [0.5, 0.6) is 0 Å². The molecule has 1 heterocycles. The molecule has 0 bridgehead atoms. The quantitative estimate of drug-likeness (QED) is 0.541. The van der Waals surface area contributed by atoms with Crippen molar-refractivity contribution in [1.82, 2.24) is 10.1 Å². The smallest absolute Gasteiger partial charge is 0.338 e. The first kappa shape index (κ1) is 19.1. The zero-order valence-corrected chi connectivity index (χ0v) is 15.4. The van der Waals surface area contributed by atoms with Gasteiger partial charge in [0.2, 0.25) is 11.7 Å². The van der Waals surface area contributed by atoms with Gasteiger partial charge >= 0.3 is 6.18 Å². The highest BCUT2D eigenvalue weighted by molar-refractivity contribution is 5.55. The summed E-state index contributed by atoms with van der Waals surface area (Å²) < 4.78 is 43.3. The number of alkyl halides is 3. The number of aromatic nitrogens is 2. The van der Waals surface area contributed by atoms with E-state index in [-0.39, 0.29) is 11.7 Å². The highest BCUT2D eigenvalue weighted by Gasteiger charge is 2.30. The number of halogens is 3. The fourth-order valence-electron chi connectivity index (χ4n) is 2.89. The van der Waals surface area contributed by atoms with Gasteiger partial charge in [-0.1, -0.05) is 55.4 Å². The molecule has 1 aromatic heterocycles. The molecule has 0 amide bonds. The summed E-state index contributed by atoms with van der Waals surface area (Å²) in [6, 6.07) is 13.0. The summed E-state index contributed by atoms with van der Waals surface area (Å²) in [5.74, 6) is 1.20. The van der Waals surface area contributed by atoms with E-state index >= 15 is 0 Å². The summed E-state index contributed by atoms with van der Waals surface area (Å²) >= 11 is 0. The molecule has 3 rings (SSSR count). The molecule has 0 radical (unpaired) electrons. The average molecular weight is 374 g/mol. The third kappa shape index (κ3) is 4.56. The highest BCUT2D eigenvalue weighted by Crippen LogP contribution is 2.31. The van der Waals surface area contributed by atoms with E-state index in [4.69, 9.17) is 4.52 Å². The van der Waals surface area contributed by atoms with Crippen molar-refractivity contribution in [1.29, 1.82) is 0 Å². The first-order chi connectivity index (χ1) is 12.7. The maximum Gasteiger partial charge on any atom is 0.416 e. The Morgan fingerprint density at radius 2 is 1.56 bits per heavy atom. The molecule has 0 spiro atoms. The molecule has 0 aliphatic carbocycles. The Kier molecular flexibility index (Phi) is 5.35. The van der Waals surface area contributed by atoms with E-state index < -0.39 is 11.7 Å². The van der Waals surface area contributed by atoms with Crippen LogP contribution in [-0.4, -0.2) is 10.1 Å². The zero-order chi connectivity index (χ0) is 19.6. The zero-order valence-electron chi connectivity index (χ0n) is 15.4. The van der Waals surface area contributed by atoms with Crippen molar-refractivity contribution in [2.75, 3.05) is 0 Å². The minimum atomic E-state index is -4.36. The number of nitrogens with zero attached hydrogens (tertiary/aromatic N) is 2. The lowest BCUT2D eigenvalue weighted by Gasteiger charge is -2.09. The van der Waals surface area contributed by atoms with E-state index in [1.165, 1.54) is 17.7 Å². The van der Waals surface area contributed by atoms with Gasteiger partial charge in [-0.15, -0.1) is 0 Å². The number of hydrogen-bond acceptors (Lipinski definition) is 3. The molecule has 1 atom stereocenters. The van der Waals surface area contributed by atoms with Crippen LogP contribution in [0, 0.1) is 5.92 Å². The van der Waals surface area contributed by atoms with Crippen molar-refractivity contribution >= 4 is 0 Å². The van der Waals surface area contributed by atoms with Gasteiger partial charge in [0.1, 0.15) is 0 Å². The van der Waals surface area contributed by atoms with Crippen LogP contribution in [0.3, 0.4) is 0 Å². The predicted octanol–water partition coefficient (Wildman–Crippen LogP) is 6.11. The summed E-state index contributed by atoms with van der Waals surface area (Å²) in [6.45, 7) is 6.32. The largest absolute Gasteiger partial charge is 0.416 e. The van der Waals surface area contributed by atoms with Crippen LogP contribution in [0.15, 0.2) is 53.1 Å². The third-order valence-corrected chi connectivity index (χ3v) is 4.41. The molecule has 3 nitrogen and oxygen atoms in total. The van der Waals surface area contributed by atoms with E-state index in [1.807, 2.05) is 19.1 Å². The molecule has 2 aromatic carbocycles. The van der Waals surface area contributed by atoms with Crippen molar-refractivity contribution in [2.24, 2.45) is 5.92 Å². The lowest BCUT2D eigenvalue weighted by Crippen LogP contribution is -2.04. The fraction of sp³-hybridized carbons (Fsp3) is 0.333. The second kappa shape index (κ2) is 7.55. The molecule has 6 heteroatoms. The Morgan fingerprint density at radius 3 is 2.11 bits per heavy atom. The van der Waals surface area contributed by atoms with Crippen molar-refractivity contribution in [3.8, 4) is 11.4 Å². The van der Waals surface area contributed by atoms with E-state index in [0.29, 0.717) is 17.4 Å². The van der Waals surface area contributed by atoms with Crippen LogP contribution in [0.4, 0.5) is 13.2 Å². The van der Waals surface area contributed by atoms with Crippen LogP contribution in [0.2, 0.25) is 0 Å². The van der Waals surface area contributed by atoms with Gasteiger partial charge in [-0.25, -0.2) is 0 Å². The Bertz CT molecular complexity index is 881. The number of benzene rings is 2. The standard InChI is InChI=1S/C21H21F3N2O/c1-13(2)12-15-4-6-16(7-5-15)14(3)20-25-19(26-27-20)17-8-10-18(11-9-17)21(22,23)24/h4-11,13-14H,12H2,1-3H3. The van der Waals surface area contributed by atoms with Crippen molar-refractivity contribution in [2.45, 2.75) is 39.3 Å². The summed E-state index contributed by atoms with van der Waals surface area (Å²) in [5, 5.41) is 3.91. The van der Waals surface area contributed by atoms with Crippen LogP contribution < -0.4 is 0 Å². The third-order valence-electron chi connectivity index (χ3n) is 4.41. The molecule has 3 aromatic rings. The summed E-state index contributed by atoms with van der Waals surface area (Å²) in [4.78, 5) is 4.36. The Balaban J connectivity index is 1.76. The minimum Gasteiger partial charge on any atom is -0.338 e. The van der Waals surface area contributed by atoms with Gasteiger partial charge in [-0.3, -0.25) is 0 Å².